The van der Waals surface area contributed by atoms with Gasteiger partial charge in [0.2, 0.25) is 5.91 Å². The predicted molar refractivity (Wildman–Crippen MR) is 96.5 cm³/mol. The Bertz CT molecular complexity index is 495. The van der Waals surface area contributed by atoms with Gasteiger partial charge in [-0.15, -0.1) is 0 Å². The van der Waals surface area contributed by atoms with Gasteiger partial charge in [-0.1, -0.05) is 37.1 Å². The van der Waals surface area contributed by atoms with Crippen molar-refractivity contribution in [2.45, 2.75) is 51.3 Å². The van der Waals surface area contributed by atoms with Crippen molar-refractivity contribution in [2.24, 2.45) is 5.73 Å². The molecule has 1 fully saturated rings. The summed E-state index contributed by atoms with van der Waals surface area (Å²) >= 11 is 0. The molecule has 1 aromatic carbocycles. The van der Waals surface area contributed by atoms with E-state index in [0.29, 0.717) is 19.5 Å². The Morgan fingerprint density at radius 3 is 2.50 bits per heavy atom. The standard InChI is InChI=1S/C19H31N3O2/c1-24-18(13-20)12-19(23)21-14-16-8-4-5-9-17(16)15-22-10-6-2-3-7-11-22/h4-5,8-9,18H,2-3,6-7,10-15,20H2,1H3,(H,21,23). The van der Waals surface area contributed by atoms with Crippen LogP contribution in [-0.2, 0) is 22.6 Å². The molecule has 0 aliphatic carbocycles. The summed E-state index contributed by atoms with van der Waals surface area (Å²) in [6.07, 6.45) is 5.36. The van der Waals surface area contributed by atoms with Crippen LogP contribution < -0.4 is 11.1 Å². The Morgan fingerprint density at radius 2 is 1.88 bits per heavy atom. The molecule has 0 spiro atoms. The van der Waals surface area contributed by atoms with Crippen LogP contribution in [0.15, 0.2) is 24.3 Å². The Balaban J connectivity index is 1.89. The summed E-state index contributed by atoms with van der Waals surface area (Å²) in [6, 6.07) is 8.38. The minimum Gasteiger partial charge on any atom is -0.380 e. The number of likely N-dealkylation sites (tertiary alicyclic amines) is 1. The lowest BCUT2D eigenvalue weighted by atomic mass is 10.1. The van der Waals surface area contributed by atoms with Gasteiger partial charge in [-0.05, 0) is 37.1 Å². The number of ether oxygens (including phenoxy) is 1. The molecule has 1 heterocycles. The normalized spacial score (nSPS) is 17.2. The molecule has 0 aromatic heterocycles. The molecule has 1 aromatic rings. The van der Waals surface area contributed by atoms with Crippen molar-refractivity contribution < 1.29 is 9.53 Å². The zero-order chi connectivity index (χ0) is 17.2. The summed E-state index contributed by atoms with van der Waals surface area (Å²) in [7, 11) is 1.58. The summed E-state index contributed by atoms with van der Waals surface area (Å²) < 4.78 is 5.17. The van der Waals surface area contributed by atoms with Crippen LogP contribution in [0.3, 0.4) is 0 Å². The van der Waals surface area contributed by atoms with E-state index in [1.54, 1.807) is 7.11 Å². The van der Waals surface area contributed by atoms with E-state index in [4.69, 9.17) is 10.5 Å². The van der Waals surface area contributed by atoms with Gasteiger partial charge in [0.1, 0.15) is 0 Å². The molecule has 1 atom stereocenters. The highest BCUT2D eigenvalue weighted by Crippen LogP contribution is 2.16. The quantitative estimate of drug-likeness (QED) is 0.764. The first-order valence-electron chi connectivity index (χ1n) is 9.01. The number of nitrogens with one attached hydrogen (secondary N) is 1. The van der Waals surface area contributed by atoms with Gasteiger partial charge in [-0.3, -0.25) is 9.69 Å². The fourth-order valence-electron chi connectivity index (χ4n) is 3.16. The van der Waals surface area contributed by atoms with Gasteiger partial charge in [-0.2, -0.15) is 0 Å². The van der Waals surface area contributed by atoms with E-state index in [9.17, 15) is 4.79 Å². The van der Waals surface area contributed by atoms with Crippen LogP contribution in [0, 0.1) is 0 Å². The second-order valence-corrected chi connectivity index (χ2v) is 6.53. The molecule has 1 unspecified atom stereocenters. The van der Waals surface area contributed by atoms with Crippen LogP contribution in [0.2, 0.25) is 0 Å². The lowest BCUT2D eigenvalue weighted by Crippen LogP contribution is -2.32. The molecule has 5 heteroatoms. The van der Waals surface area contributed by atoms with Gasteiger partial charge in [0, 0.05) is 26.7 Å². The third-order valence-electron chi connectivity index (χ3n) is 4.70. The van der Waals surface area contributed by atoms with Crippen molar-refractivity contribution in [2.75, 3.05) is 26.7 Å². The predicted octanol–water partition coefficient (Wildman–Crippen LogP) is 2.04. The van der Waals surface area contributed by atoms with Crippen LogP contribution in [0.1, 0.15) is 43.2 Å². The van der Waals surface area contributed by atoms with Gasteiger partial charge < -0.3 is 15.8 Å². The Morgan fingerprint density at radius 1 is 1.21 bits per heavy atom. The Labute approximate surface area is 145 Å². The summed E-state index contributed by atoms with van der Waals surface area (Å²) in [5, 5.41) is 3.00. The molecular weight excluding hydrogens is 302 g/mol. The lowest BCUT2D eigenvalue weighted by molar-refractivity contribution is -0.123. The molecule has 1 saturated heterocycles. The molecule has 1 aliphatic heterocycles. The second-order valence-electron chi connectivity index (χ2n) is 6.53. The third-order valence-corrected chi connectivity index (χ3v) is 4.70. The van der Waals surface area contributed by atoms with E-state index in [2.05, 4.69) is 28.4 Å². The van der Waals surface area contributed by atoms with Gasteiger partial charge in [0.15, 0.2) is 0 Å². The first kappa shape index (κ1) is 18.9. The third kappa shape index (κ3) is 6.23. The fourth-order valence-corrected chi connectivity index (χ4v) is 3.16. The lowest BCUT2D eigenvalue weighted by Gasteiger charge is -2.21. The average molecular weight is 333 g/mol. The average Bonchev–Trinajstić information content (AvgIpc) is 2.87. The topological polar surface area (TPSA) is 67.6 Å². The van der Waals surface area contributed by atoms with Gasteiger partial charge >= 0.3 is 0 Å². The molecule has 3 N–H and O–H groups in total. The van der Waals surface area contributed by atoms with Crippen molar-refractivity contribution in [1.82, 2.24) is 10.2 Å². The van der Waals surface area contributed by atoms with E-state index < -0.39 is 0 Å². The number of benzene rings is 1. The number of hydrogen-bond acceptors (Lipinski definition) is 4. The Kier molecular flexibility index (Phi) is 8.22. The zero-order valence-electron chi connectivity index (χ0n) is 14.8. The van der Waals surface area contributed by atoms with E-state index in [1.165, 1.54) is 49.9 Å². The van der Waals surface area contributed by atoms with Crippen LogP contribution in [0.25, 0.3) is 0 Å². The van der Waals surface area contributed by atoms with Crippen molar-refractivity contribution in [1.29, 1.82) is 0 Å². The van der Waals surface area contributed by atoms with Gasteiger partial charge in [-0.25, -0.2) is 0 Å². The number of nitrogens with two attached hydrogens (primary N) is 1. The first-order valence-corrected chi connectivity index (χ1v) is 9.01. The summed E-state index contributed by atoms with van der Waals surface area (Å²) in [4.78, 5) is 14.6. The molecule has 0 saturated carbocycles. The van der Waals surface area contributed by atoms with Crippen molar-refractivity contribution in [3.8, 4) is 0 Å². The monoisotopic (exact) mass is 333 g/mol. The Hall–Kier alpha value is -1.43. The number of rotatable bonds is 8. The molecular formula is C19H31N3O2. The maximum Gasteiger partial charge on any atom is 0.222 e. The molecule has 1 aliphatic rings. The summed E-state index contributed by atoms with van der Waals surface area (Å²) in [5.41, 5.74) is 8.07. The van der Waals surface area contributed by atoms with E-state index in [1.807, 2.05) is 6.07 Å². The molecule has 0 radical (unpaired) electrons. The summed E-state index contributed by atoms with van der Waals surface area (Å²) in [6.45, 7) is 4.23. The number of nitrogens with zero attached hydrogens (tertiary/aromatic N) is 1. The number of hydrogen-bond donors (Lipinski definition) is 2. The minimum atomic E-state index is -0.211. The van der Waals surface area contributed by atoms with Crippen LogP contribution in [0.4, 0.5) is 0 Å². The number of carbonyl (C=O) groups is 1. The molecule has 0 bridgehead atoms. The highest BCUT2D eigenvalue weighted by Gasteiger charge is 2.14. The molecule has 24 heavy (non-hydrogen) atoms. The summed E-state index contributed by atoms with van der Waals surface area (Å²) in [5.74, 6) is -0.0168. The number of methoxy groups -OCH3 is 1. The largest absolute Gasteiger partial charge is 0.380 e. The molecule has 1 amide bonds. The van der Waals surface area contributed by atoms with Crippen LogP contribution >= 0.6 is 0 Å². The molecule has 5 nitrogen and oxygen atoms in total. The van der Waals surface area contributed by atoms with Gasteiger partial charge in [0.25, 0.3) is 0 Å². The smallest absolute Gasteiger partial charge is 0.222 e. The SMILES string of the molecule is COC(CN)CC(=O)NCc1ccccc1CN1CCCCCC1. The van der Waals surface area contributed by atoms with Crippen molar-refractivity contribution in [3.63, 3.8) is 0 Å². The highest BCUT2D eigenvalue weighted by atomic mass is 16.5. The zero-order valence-corrected chi connectivity index (χ0v) is 14.8. The highest BCUT2D eigenvalue weighted by molar-refractivity contribution is 5.76. The van der Waals surface area contributed by atoms with E-state index in [0.717, 1.165) is 6.54 Å². The maximum atomic E-state index is 12.0. The number of carbonyl (C=O) groups excluding carboxylic acids is 1. The van der Waals surface area contributed by atoms with Crippen LogP contribution in [0.5, 0.6) is 0 Å². The van der Waals surface area contributed by atoms with Crippen molar-refractivity contribution >= 4 is 5.91 Å². The van der Waals surface area contributed by atoms with Crippen LogP contribution in [-0.4, -0.2) is 43.7 Å². The minimum absolute atomic E-state index is 0.0168. The fraction of sp³-hybridized carbons (Fsp3) is 0.632. The van der Waals surface area contributed by atoms with Crippen molar-refractivity contribution in [3.05, 3.63) is 35.4 Å². The molecule has 134 valence electrons. The first-order chi connectivity index (χ1) is 11.7. The molecule has 2 rings (SSSR count). The second kappa shape index (κ2) is 10.4. The maximum absolute atomic E-state index is 12.0. The van der Waals surface area contributed by atoms with E-state index >= 15 is 0 Å². The number of amides is 1. The van der Waals surface area contributed by atoms with E-state index in [-0.39, 0.29) is 12.0 Å². The van der Waals surface area contributed by atoms with Gasteiger partial charge in [0.05, 0.1) is 12.5 Å².